The first-order valence-corrected chi connectivity index (χ1v) is 7.14. The van der Waals surface area contributed by atoms with Crippen LogP contribution in [0.15, 0.2) is 18.2 Å². The number of thiocarbonyl (C=S) groups is 1. The van der Waals surface area contributed by atoms with Gasteiger partial charge in [0.2, 0.25) is 5.91 Å². The molecular weight excluding hydrogens is 280 g/mol. The molecule has 0 aromatic heterocycles. The largest absolute Gasteiger partial charge is 0.389 e. The van der Waals surface area contributed by atoms with Crippen LogP contribution in [-0.2, 0) is 11.3 Å². The molecule has 2 rings (SSSR count). The van der Waals surface area contributed by atoms with Gasteiger partial charge >= 0.3 is 0 Å². The van der Waals surface area contributed by atoms with Gasteiger partial charge in [0, 0.05) is 29.6 Å². The van der Waals surface area contributed by atoms with Gasteiger partial charge in [0.15, 0.2) is 0 Å². The molecule has 0 spiro atoms. The molecule has 1 atom stereocenters. The van der Waals surface area contributed by atoms with E-state index in [0.717, 1.165) is 30.5 Å². The van der Waals surface area contributed by atoms with E-state index in [2.05, 4.69) is 0 Å². The zero-order chi connectivity index (χ0) is 14.0. The van der Waals surface area contributed by atoms with E-state index in [-0.39, 0.29) is 11.8 Å². The summed E-state index contributed by atoms with van der Waals surface area (Å²) >= 11 is 11.1. The fourth-order valence-electron chi connectivity index (χ4n) is 2.33. The molecule has 1 aromatic rings. The van der Waals surface area contributed by atoms with Crippen molar-refractivity contribution >= 4 is 34.7 Å². The number of hydrogen-bond donors (Lipinski definition) is 1. The SMILES string of the molecule is CC1CCCN(Cc2ccc(C(N)=S)cc2Cl)C1=O. The maximum atomic E-state index is 12.1. The van der Waals surface area contributed by atoms with E-state index in [9.17, 15) is 4.79 Å². The molecule has 102 valence electrons. The van der Waals surface area contributed by atoms with Crippen LogP contribution >= 0.6 is 23.8 Å². The van der Waals surface area contributed by atoms with Crippen molar-refractivity contribution in [3.8, 4) is 0 Å². The second-order valence-corrected chi connectivity index (χ2v) is 5.82. The monoisotopic (exact) mass is 296 g/mol. The molecule has 1 unspecified atom stereocenters. The van der Waals surface area contributed by atoms with Gasteiger partial charge in [0.1, 0.15) is 4.99 Å². The summed E-state index contributed by atoms with van der Waals surface area (Å²) in [6, 6.07) is 5.50. The van der Waals surface area contributed by atoms with Gasteiger partial charge in [-0.2, -0.15) is 0 Å². The minimum Gasteiger partial charge on any atom is -0.389 e. The van der Waals surface area contributed by atoms with Crippen LogP contribution in [-0.4, -0.2) is 22.3 Å². The molecule has 1 fully saturated rings. The lowest BCUT2D eigenvalue weighted by Gasteiger charge is -2.31. The van der Waals surface area contributed by atoms with Gasteiger partial charge < -0.3 is 10.6 Å². The average molecular weight is 297 g/mol. The summed E-state index contributed by atoms with van der Waals surface area (Å²) in [5.41, 5.74) is 7.25. The highest BCUT2D eigenvalue weighted by Gasteiger charge is 2.25. The van der Waals surface area contributed by atoms with E-state index >= 15 is 0 Å². The number of likely N-dealkylation sites (tertiary alicyclic amines) is 1. The van der Waals surface area contributed by atoms with E-state index in [1.54, 1.807) is 6.07 Å². The summed E-state index contributed by atoms with van der Waals surface area (Å²) in [5, 5.41) is 0.608. The highest BCUT2D eigenvalue weighted by molar-refractivity contribution is 7.80. The van der Waals surface area contributed by atoms with E-state index in [4.69, 9.17) is 29.6 Å². The van der Waals surface area contributed by atoms with Gasteiger partial charge in [-0.1, -0.05) is 42.9 Å². The Morgan fingerprint density at radius 2 is 2.32 bits per heavy atom. The average Bonchev–Trinajstić information content (AvgIpc) is 2.37. The molecule has 19 heavy (non-hydrogen) atoms. The number of hydrogen-bond acceptors (Lipinski definition) is 2. The topological polar surface area (TPSA) is 46.3 Å². The molecule has 2 N–H and O–H groups in total. The van der Waals surface area contributed by atoms with Gasteiger partial charge in [-0.05, 0) is 24.5 Å². The summed E-state index contributed by atoms with van der Waals surface area (Å²) in [7, 11) is 0. The molecular formula is C14H17ClN2OS. The number of benzene rings is 1. The number of carbonyl (C=O) groups excluding carboxylic acids is 1. The van der Waals surface area contributed by atoms with Crippen LogP contribution in [0, 0.1) is 5.92 Å². The molecule has 1 aromatic carbocycles. The van der Waals surface area contributed by atoms with Crippen LogP contribution in [0.3, 0.4) is 0 Å². The lowest BCUT2D eigenvalue weighted by molar-refractivity contribution is -0.138. The van der Waals surface area contributed by atoms with Gasteiger partial charge in [-0.3, -0.25) is 4.79 Å². The van der Waals surface area contributed by atoms with Crippen molar-refractivity contribution in [2.24, 2.45) is 11.7 Å². The molecule has 1 heterocycles. The molecule has 1 amide bonds. The smallest absolute Gasteiger partial charge is 0.225 e. The van der Waals surface area contributed by atoms with E-state index in [1.807, 2.05) is 24.0 Å². The predicted octanol–water partition coefficient (Wildman–Crippen LogP) is 2.73. The molecule has 1 aliphatic rings. The third-order valence-electron chi connectivity index (χ3n) is 3.50. The predicted molar refractivity (Wildman–Crippen MR) is 81.2 cm³/mol. The molecule has 0 saturated carbocycles. The summed E-state index contributed by atoms with van der Waals surface area (Å²) < 4.78 is 0. The minimum atomic E-state index is 0.114. The van der Waals surface area contributed by atoms with E-state index < -0.39 is 0 Å². The van der Waals surface area contributed by atoms with Crippen molar-refractivity contribution in [1.29, 1.82) is 0 Å². The van der Waals surface area contributed by atoms with Crippen LogP contribution in [0.2, 0.25) is 5.02 Å². The number of amides is 1. The van der Waals surface area contributed by atoms with Crippen molar-refractivity contribution in [3.05, 3.63) is 34.3 Å². The number of nitrogens with two attached hydrogens (primary N) is 1. The molecule has 0 radical (unpaired) electrons. The van der Waals surface area contributed by atoms with Gasteiger partial charge in [0.05, 0.1) is 0 Å². The molecule has 1 saturated heterocycles. The molecule has 1 aliphatic heterocycles. The Kier molecular flexibility index (Phi) is 4.42. The number of rotatable bonds is 3. The maximum absolute atomic E-state index is 12.1. The number of piperidine rings is 1. The van der Waals surface area contributed by atoms with Crippen molar-refractivity contribution in [1.82, 2.24) is 4.90 Å². The van der Waals surface area contributed by atoms with Crippen molar-refractivity contribution in [2.45, 2.75) is 26.3 Å². The van der Waals surface area contributed by atoms with Crippen LogP contribution < -0.4 is 5.73 Å². The third kappa shape index (κ3) is 3.25. The van der Waals surface area contributed by atoms with Crippen molar-refractivity contribution < 1.29 is 4.79 Å². The highest BCUT2D eigenvalue weighted by Crippen LogP contribution is 2.23. The van der Waals surface area contributed by atoms with Gasteiger partial charge in [0.25, 0.3) is 0 Å². The summed E-state index contributed by atoms with van der Waals surface area (Å²) in [6.07, 6.45) is 2.03. The van der Waals surface area contributed by atoms with Crippen LogP contribution in [0.25, 0.3) is 0 Å². The normalized spacial score (nSPS) is 19.6. The molecule has 0 bridgehead atoms. The zero-order valence-electron chi connectivity index (χ0n) is 10.9. The van der Waals surface area contributed by atoms with Crippen LogP contribution in [0.4, 0.5) is 0 Å². The molecule has 0 aliphatic carbocycles. The maximum Gasteiger partial charge on any atom is 0.225 e. The first-order chi connectivity index (χ1) is 8.99. The minimum absolute atomic E-state index is 0.114. The fourth-order valence-corrected chi connectivity index (χ4v) is 2.69. The Labute approximate surface area is 123 Å². The van der Waals surface area contributed by atoms with Crippen LogP contribution in [0.5, 0.6) is 0 Å². The van der Waals surface area contributed by atoms with E-state index in [1.165, 1.54) is 0 Å². The first kappa shape index (κ1) is 14.3. The molecule has 5 heteroatoms. The third-order valence-corrected chi connectivity index (χ3v) is 4.08. The quantitative estimate of drug-likeness (QED) is 0.873. The lowest BCUT2D eigenvalue weighted by Crippen LogP contribution is -2.39. The zero-order valence-corrected chi connectivity index (χ0v) is 12.4. The summed E-state index contributed by atoms with van der Waals surface area (Å²) in [6.45, 7) is 3.34. The summed E-state index contributed by atoms with van der Waals surface area (Å²) in [5.74, 6) is 0.323. The highest BCUT2D eigenvalue weighted by atomic mass is 35.5. The Hall–Kier alpha value is -1.13. The van der Waals surface area contributed by atoms with Gasteiger partial charge in [-0.15, -0.1) is 0 Å². The Balaban J connectivity index is 2.15. The lowest BCUT2D eigenvalue weighted by atomic mass is 9.98. The molecule has 3 nitrogen and oxygen atoms in total. The van der Waals surface area contributed by atoms with Crippen LogP contribution in [0.1, 0.15) is 30.9 Å². The van der Waals surface area contributed by atoms with Gasteiger partial charge in [-0.25, -0.2) is 0 Å². The second kappa shape index (κ2) is 5.88. The summed E-state index contributed by atoms with van der Waals surface area (Å²) in [4.78, 5) is 14.3. The fraction of sp³-hybridized carbons (Fsp3) is 0.429. The Bertz CT molecular complexity index is 518. The Morgan fingerprint density at radius 1 is 1.58 bits per heavy atom. The standard InChI is InChI=1S/C14H17ClN2OS/c1-9-3-2-6-17(14(9)18)8-11-5-4-10(13(16)19)7-12(11)15/h4-5,7,9H,2-3,6,8H2,1H3,(H2,16,19). The first-order valence-electron chi connectivity index (χ1n) is 6.36. The Morgan fingerprint density at radius 3 is 2.95 bits per heavy atom. The van der Waals surface area contributed by atoms with Crippen molar-refractivity contribution in [3.63, 3.8) is 0 Å². The number of nitrogens with zero attached hydrogens (tertiary/aromatic N) is 1. The van der Waals surface area contributed by atoms with Crippen molar-refractivity contribution in [2.75, 3.05) is 6.54 Å². The number of halogens is 1. The van der Waals surface area contributed by atoms with E-state index in [0.29, 0.717) is 16.6 Å². The number of carbonyl (C=O) groups is 1. The second-order valence-electron chi connectivity index (χ2n) is 4.97.